The van der Waals surface area contributed by atoms with Gasteiger partial charge < -0.3 is 15.2 Å². The molecule has 0 aliphatic rings. The number of esters is 1. The number of hydrogen-bond acceptors (Lipinski definition) is 4. The number of ether oxygens (including phenoxy) is 2. The molecule has 0 fully saturated rings. The van der Waals surface area contributed by atoms with Crippen LogP contribution in [0.15, 0.2) is 30.3 Å². The molecule has 104 valence electrons. The molecule has 1 aromatic rings. The summed E-state index contributed by atoms with van der Waals surface area (Å²) in [6.45, 7) is 3.55. The Labute approximate surface area is 114 Å². The molecule has 0 unspecified atom stereocenters. The van der Waals surface area contributed by atoms with E-state index in [0.717, 1.165) is 25.0 Å². The number of carbonyl (C=O) groups is 1. The molecule has 0 spiro atoms. The Morgan fingerprint density at radius 1 is 1.21 bits per heavy atom. The molecule has 4 heteroatoms. The average molecular weight is 263 g/mol. The van der Waals surface area contributed by atoms with Crippen LogP contribution in [-0.2, 0) is 14.3 Å². The van der Waals surface area contributed by atoms with E-state index in [4.69, 9.17) is 15.2 Å². The fraction of sp³-hybridized carbons (Fsp3) is 0.400. The van der Waals surface area contributed by atoms with E-state index in [0.29, 0.717) is 12.3 Å². The number of nitrogen functional groups attached to an aromatic ring is 1. The Kier molecular flexibility index (Phi) is 7.35. The maximum Gasteiger partial charge on any atom is 0.330 e. The van der Waals surface area contributed by atoms with Gasteiger partial charge in [-0.1, -0.05) is 25.5 Å². The molecular weight excluding hydrogens is 242 g/mol. The summed E-state index contributed by atoms with van der Waals surface area (Å²) >= 11 is 0. The summed E-state index contributed by atoms with van der Waals surface area (Å²) in [5.41, 5.74) is 7.17. The van der Waals surface area contributed by atoms with Gasteiger partial charge in [-0.15, -0.1) is 0 Å². The molecule has 2 N–H and O–H groups in total. The molecule has 0 aliphatic carbocycles. The highest BCUT2D eigenvalue weighted by atomic mass is 16.6. The fourth-order valence-corrected chi connectivity index (χ4v) is 1.37. The lowest BCUT2D eigenvalue weighted by molar-refractivity contribution is -0.139. The molecule has 1 rings (SSSR count). The minimum atomic E-state index is -0.365. The summed E-state index contributed by atoms with van der Waals surface area (Å²) in [6, 6.07) is 7.25. The Balaban J connectivity index is 2.18. The van der Waals surface area contributed by atoms with E-state index < -0.39 is 0 Å². The van der Waals surface area contributed by atoms with Crippen molar-refractivity contribution in [3.8, 4) is 0 Å². The topological polar surface area (TPSA) is 61.5 Å². The molecule has 0 aromatic heterocycles. The van der Waals surface area contributed by atoms with Crippen molar-refractivity contribution >= 4 is 17.7 Å². The number of carbonyl (C=O) groups excluding carboxylic acids is 1. The van der Waals surface area contributed by atoms with Crippen LogP contribution in [0, 0.1) is 0 Å². The van der Waals surface area contributed by atoms with Crippen LogP contribution in [-0.4, -0.2) is 25.8 Å². The molecule has 0 aliphatic heterocycles. The summed E-state index contributed by atoms with van der Waals surface area (Å²) in [5.74, 6) is -0.365. The summed E-state index contributed by atoms with van der Waals surface area (Å²) in [4.78, 5) is 11.4. The van der Waals surface area contributed by atoms with Gasteiger partial charge in [0.05, 0.1) is 6.61 Å². The van der Waals surface area contributed by atoms with Crippen LogP contribution < -0.4 is 5.73 Å². The van der Waals surface area contributed by atoms with Crippen LogP contribution in [0.25, 0.3) is 6.08 Å². The van der Waals surface area contributed by atoms with E-state index in [1.807, 2.05) is 12.1 Å². The van der Waals surface area contributed by atoms with E-state index in [-0.39, 0.29) is 12.6 Å². The third-order valence-corrected chi connectivity index (χ3v) is 2.46. The van der Waals surface area contributed by atoms with Gasteiger partial charge in [-0.25, -0.2) is 4.79 Å². The van der Waals surface area contributed by atoms with E-state index in [1.165, 1.54) is 6.08 Å². The molecule has 1 aromatic carbocycles. The summed E-state index contributed by atoms with van der Waals surface area (Å²) in [5, 5.41) is 0. The third kappa shape index (κ3) is 7.26. The fourth-order valence-electron chi connectivity index (χ4n) is 1.37. The first-order valence-electron chi connectivity index (χ1n) is 6.50. The van der Waals surface area contributed by atoms with Crippen molar-refractivity contribution in [2.24, 2.45) is 0 Å². The monoisotopic (exact) mass is 263 g/mol. The Morgan fingerprint density at radius 3 is 2.63 bits per heavy atom. The first-order chi connectivity index (χ1) is 9.22. The number of unbranched alkanes of at least 4 members (excludes halogenated alkanes) is 1. The molecule has 4 nitrogen and oxygen atoms in total. The molecule has 0 heterocycles. The van der Waals surface area contributed by atoms with E-state index in [1.54, 1.807) is 18.2 Å². The van der Waals surface area contributed by atoms with Gasteiger partial charge in [-0.3, -0.25) is 0 Å². The smallest absolute Gasteiger partial charge is 0.330 e. The zero-order valence-electron chi connectivity index (χ0n) is 11.3. The van der Waals surface area contributed by atoms with Gasteiger partial charge in [-0.2, -0.15) is 0 Å². The largest absolute Gasteiger partial charge is 0.460 e. The van der Waals surface area contributed by atoms with Crippen molar-refractivity contribution in [3.05, 3.63) is 35.9 Å². The van der Waals surface area contributed by atoms with Crippen LogP contribution in [0.3, 0.4) is 0 Å². The lowest BCUT2D eigenvalue weighted by Gasteiger charge is -2.03. The zero-order chi connectivity index (χ0) is 13.9. The molecule has 0 saturated heterocycles. The van der Waals surface area contributed by atoms with E-state index >= 15 is 0 Å². The van der Waals surface area contributed by atoms with Crippen LogP contribution in [0.5, 0.6) is 0 Å². The van der Waals surface area contributed by atoms with Gasteiger partial charge in [0.1, 0.15) is 6.61 Å². The lowest BCUT2D eigenvalue weighted by Crippen LogP contribution is -2.08. The van der Waals surface area contributed by atoms with Gasteiger partial charge in [0.15, 0.2) is 0 Å². The predicted octanol–water partition coefficient (Wildman–Crippen LogP) is 2.64. The molecule has 0 bridgehead atoms. The summed E-state index contributed by atoms with van der Waals surface area (Å²) in [7, 11) is 0. The SMILES string of the molecule is CCCCOCCOC(=O)/C=C/c1ccc(N)cc1. The highest BCUT2D eigenvalue weighted by Gasteiger charge is 1.97. The first-order valence-corrected chi connectivity index (χ1v) is 6.50. The Bertz CT molecular complexity index is 398. The minimum absolute atomic E-state index is 0.286. The van der Waals surface area contributed by atoms with Crippen molar-refractivity contribution in [2.75, 3.05) is 25.6 Å². The normalized spacial score (nSPS) is 10.8. The summed E-state index contributed by atoms with van der Waals surface area (Å²) in [6.07, 6.45) is 5.23. The van der Waals surface area contributed by atoms with Crippen molar-refractivity contribution in [1.82, 2.24) is 0 Å². The Morgan fingerprint density at radius 2 is 1.95 bits per heavy atom. The lowest BCUT2D eigenvalue weighted by atomic mass is 10.2. The van der Waals surface area contributed by atoms with Gasteiger partial charge in [0.2, 0.25) is 0 Å². The summed E-state index contributed by atoms with van der Waals surface area (Å²) < 4.78 is 10.3. The molecule has 19 heavy (non-hydrogen) atoms. The second kappa shape index (κ2) is 9.16. The standard InChI is InChI=1S/C15H21NO3/c1-2-3-10-18-11-12-19-15(17)9-6-13-4-7-14(16)8-5-13/h4-9H,2-3,10-12,16H2,1H3/b9-6+. The number of benzene rings is 1. The van der Waals surface area contributed by atoms with Crippen LogP contribution in [0.1, 0.15) is 25.3 Å². The van der Waals surface area contributed by atoms with Crippen LogP contribution in [0.2, 0.25) is 0 Å². The third-order valence-electron chi connectivity index (χ3n) is 2.46. The number of nitrogens with two attached hydrogens (primary N) is 1. The van der Waals surface area contributed by atoms with Crippen molar-refractivity contribution in [1.29, 1.82) is 0 Å². The second-order valence-electron chi connectivity index (χ2n) is 4.13. The average Bonchev–Trinajstić information content (AvgIpc) is 2.42. The predicted molar refractivity (Wildman–Crippen MR) is 76.6 cm³/mol. The van der Waals surface area contributed by atoms with Gasteiger partial charge in [-0.05, 0) is 30.2 Å². The number of rotatable bonds is 8. The van der Waals surface area contributed by atoms with E-state index in [2.05, 4.69) is 6.92 Å². The maximum atomic E-state index is 11.4. The van der Waals surface area contributed by atoms with Crippen molar-refractivity contribution in [2.45, 2.75) is 19.8 Å². The molecular formula is C15H21NO3. The van der Waals surface area contributed by atoms with Gasteiger partial charge >= 0.3 is 5.97 Å². The van der Waals surface area contributed by atoms with Gasteiger partial charge in [0.25, 0.3) is 0 Å². The van der Waals surface area contributed by atoms with Crippen LogP contribution in [0.4, 0.5) is 5.69 Å². The number of anilines is 1. The molecule has 0 amide bonds. The van der Waals surface area contributed by atoms with Gasteiger partial charge in [0, 0.05) is 18.4 Å². The molecule has 0 radical (unpaired) electrons. The Hall–Kier alpha value is -1.81. The van der Waals surface area contributed by atoms with Crippen LogP contribution >= 0.6 is 0 Å². The first kappa shape index (κ1) is 15.2. The highest BCUT2D eigenvalue weighted by molar-refractivity contribution is 5.87. The van der Waals surface area contributed by atoms with Crippen molar-refractivity contribution in [3.63, 3.8) is 0 Å². The van der Waals surface area contributed by atoms with E-state index in [9.17, 15) is 4.79 Å². The zero-order valence-corrected chi connectivity index (χ0v) is 11.3. The number of hydrogen-bond donors (Lipinski definition) is 1. The molecule has 0 atom stereocenters. The minimum Gasteiger partial charge on any atom is -0.460 e. The maximum absolute atomic E-state index is 11.4. The van der Waals surface area contributed by atoms with Crippen molar-refractivity contribution < 1.29 is 14.3 Å². The quantitative estimate of drug-likeness (QED) is 0.339. The second-order valence-corrected chi connectivity index (χ2v) is 4.13. The highest BCUT2D eigenvalue weighted by Crippen LogP contribution is 2.06. The molecule has 0 saturated carbocycles.